The number of hydrogen-bond donors (Lipinski definition) is 1. The molecule has 0 unspecified atom stereocenters. The van der Waals surface area contributed by atoms with E-state index in [9.17, 15) is 4.79 Å². The lowest BCUT2D eigenvalue weighted by Crippen LogP contribution is -2.18. The SMILES string of the molecule is CNC(=O)CCCOc1ccc(C)cc1C. The quantitative estimate of drug-likeness (QED) is 0.774. The standard InChI is InChI=1S/C13H19NO2/c1-10-6-7-12(11(2)9-10)16-8-4-5-13(15)14-3/h6-7,9H,4-5,8H2,1-3H3,(H,14,15). The van der Waals surface area contributed by atoms with Crippen LogP contribution in [0.15, 0.2) is 18.2 Å². The highest BCUT2D eigenvalue weighted by Gasteiger charge is 2.01. The number of nitrogens with one attached hydrogen (secondary N) is 1. The molecular weight excluding hydrogens is 202 g/mol. The normalized spacial score (nSPS) is 9.94. The third kappa shape index (κ3) is 3.93. The second kappa shape index (κ2) is 6.16. The van der Waals surface area contributed by atoms with Gasteiger partial charge in [0.1, 0.15) is 5.75 Å². The van der Waals surface area contributed by atoms with Gasteiger partial charge in [-0.25, -0.2) is 0 Å². The number of aryl methyl sites for hydroxylation is 2. The molecule has 0 radical (unpaired) electrons. The molecule has 0 bridgehead atoms. The fourth-order valence-corrected chi connectivity index (χ4v) is 1.50. The number of carbonyl (C=O) groups is 1. The molecule has 0 heterocycles. The van der Waals surface area contributed by atoms with Crippen molar-refractivity contribution in [3.8, 4) is 5.75 Å². The van der Waals surface area contributed by atoms with Crippen LogP contribution in [-0.2, 0) is 4.79 Å². The molecule has 3 nitrogen and oxygen atoms in total. The van der Waals surface area contributed by atoms with Crippen molar-refractivity contribution in [1.82, 2.24) is 5.32 Å². The lowest BCUT2D eigenvalue weighted by Gasteiger charge is -2.09. The minimum Gasteiger partial charge on any atom is -0.493 e. The van der Waals surface area contributed by atoms with Gasteiger partial charge in [-0.1, -0.05) is 17.7 Å². The average molecular weight is 221 g/mol. The highest BCUT2D eigenvalue weighted by molar-refractivity contribution is 5.75. The number of rotatable bonds is 5. The Morgan fingerprint density at radius 1 is 1.38 bits per heavy atom. The maximum absolute atomic E-state index is 11.0. The van der Waals surface area contributed by atoms with Crippen LogP contribution < -0.4 is 10.1 Å². The van der Waals surface area contributed by atoms with Crippen molar-refractivity contribution in [2.24, 2.45) is 0 Å². The molecule has 0 saturated heterocycles. The fraction of sp³-hybridized carbons (Fsp3) is 0.462. The van der Waals surface area contributed by atoms with Gasteiger partial charge in [-0.15, -0.1) is 0 Å². The molecule has 88 valence electrons. The smallest absolute Gasteiger partial charge is 0.219 e. The van der Waals surface area contributed by atoms with Gasteiger partial charge < -0.3 is 10.1 Å². The van der Waals surface area contributed by atoms with E-state index in [1.807, 2.05) is 19.1 Å². The maximum atomic E-state index is 11.0. The predicted octanol–water partition coefficient (Wildman–Crippen LogP) is 2.21. The van der Waals surface area contributed by atoms with Gasteiger partial charge in [0.05, 0.1) is 6.61 Å². The molecule has 3 heteroatoms. The van der Waals surface area contributed by atoms with Crippen molar-refractivity contribution in [1.29, 1.82) is 0 Å². The van der Waals surface area contributed by atoms with Crippen LogP contribution in [0.1, 0.15) is 24.0 Å². The monoisotopic (exact) mass is 221 g/mol. The number of amides is 1. The topological polar surface area (TPSA) is 38.3 Å². The summed E-state index contributed by atoms with van der Waals surface area (Å²) in [6, 6.07) is 6.10. The summed E-state index contributed by atoms with van der Waals surface area (Å²) in [6.45, 7) is 4.67. The molecule has 0 aliphatic carbocycles. The van der Waals surface area contributed by atoms with Gasteiger partial charge >= 0.3 is 0 Å². The number of benzene rings is 1. The summed E-state index contributed by atoms with van der Waals surface area (Å²) in [6.07, 6.45) is 1.26. The lowest BCUT2D eigenvalue weighted by molar-refractivity contribution is -0.120. The van der Waals surface area contributed by atoms with Gasteiger partial charge in [0, 0.05) is 13.5 Å². The Hall–Kier alpha value is -1.51. The third-order valence-electron chi connectivity index (χ3n) is 2.42. The summed E-state index contributed by atoms with van der Waals surface area (Å²) >= 11 is 0. The van der Waals surface area contributed by atoms with E-state index in [0.717, 1.165) is 17.7 Å². The Balaban J connectivity index is 2.35. The van der Waals surface area contributed by atoms with E-state index in [0.29, 0.717) is 13.0 Å². The molecule has 0 aliphatic heterocycles. The summed E-state index contributed by atoms with van der Waals surface area (Å²) in [5.74, 6) is 0.965. The molecule has 0 spiro atoms. The third-order valence-corrected chi connectivity index (χ3v) is 2.42. The van der Waals surface area contributed by atoms with Crippen molar-refractivity contribution in [3.05, 3.63) is 29.3 Å². The molecule has 1 rings (SSSR count). The van der Waals surface area contributed by atoms with Gasteiger partial charge in [0.2, 0.25) is 5.91 Å². The molecule has 0 saturated carbocycles. The van der Waals surface area contributed by atoms with Crippen molar-refractivity contribution < 1.29 is 9.53 Å². The second-order valence-corrected chi connectivity index (χ2v) is 3.89. The van der Waals surface area contributed by atoms with Crippen molar-refractivity contribution in [2.45, 2.75) is 26.7 Å². The molecule has 0 atom stereocenters. The van der Waals surface area contributed by atoms with Crippen molar-refractivity contribution >= 4 is 5.91 Å². The molecule has 1 aromatic rings. The Labute approximate surface area is 96.8 Å². The molecule has 1 amide bonds. The van der Waals surface area contributed by atoms with Crippen LogP contribution in [0.5, 0.6) is 5.75 Å². The fourth-order valence-electron chi connectivity index (χ4n) is 1.50. The van der Waals surface area contributed by atoms with Crippen LogP contribution in [-0.4, -0.2) is 19.6 Å². The Morgan fingerprint density at radius 3 is 2.75 bits per heavy atom. The van der Waals surface area contributed by atoms with Crippen molar-refractivity contribution in [2.75, 3.05) is 13.7 Å². The van der Waals surface area contributed by atoms with E-state index >= 15 is 0 Å². The first kappa shape index (κ1) is 12.6. The summed E-state index contributed by atoms with van der Waals surface area (Å²) < 4.78 is 5.61. The summed E-state index contributed by atoms with van der Waals surface area (Å²) in [4.78, 5) is 11.0. The minimum atomic E-state index is 0.0595. The summed E-state index contributed by atoms with van der Waals surface area (Å²) in [5, 5.41) is 2.59. The van der Waals surface area contributed by atoms with Gasteiger partial charge in [-0.3, -0.25) is 4.79 Å². The Kier molecular flexibility index (Phi) is 4.83. The van der Waals surface area contributed by atoms with Gasteiger partial charge in [-0.05, 0) is 31.9 Å². The summed E-state index contributed by atoms with van der Waals surface area (Å²) in [7, 11) is 1.65. The van der Waals surface area contributed by atoms with E-state index in [1.165, 1.54) is 5.56 Å². The summed E-state index contributed by atoms with van der Waals surface area (Å²) in [5.41, 5.74) is 2.37. The van der Waals surface area contributed by atoms with Crippen LogP contribution in [0.2, 0.25) is 0 Å². The highest BCUT2D eigenvalue weighted by Crippen LogP contribution is 2.18. The zero-order valence-corrected chi connectivity index (χ0v) is 10.2. The number of carbonyl (C=O) groups excluding carboxylic acids is 1. The number of hydrogen-bond acceptors (Lipinski definition) is 2. The molecule has 0 aromatic heterocycles. The van der Waals surface area contributed by atoms with E-state index in [4.69, 9.17) is 4.74 Å². The predicted molar refractivity (Wildman–Crippen MR) is 64.7 cm³/mol. The molecular formula is C13H19NO2. The van der Waals surface area contributed by atoms with E-state index < -0.39 is 0 Å². The van der Waals surface area contributed by atoms with E-state index in [1.54, 1.807) is 7.05 Å². The maximum Gasteiger partial charge on any atom is 0.219 e. The van der Waals surface area contributed by atoms with E-state index in [2.05, 4.69) is 18.3 Å². The second-order valence-electron chi connectivity index (χ2n) is 3.89. The van der Waals surface area contributed by atoms with Crippen LogP contribution in [0, 0.1) is 13.8 Å². The van der Waals surface area contributed by atoms with Gasteiger partial charge in [-0.2, -0.15) is 0 Å². The Bertz CT molecular complexity index is 361. The number of ether oxygens (including phenoxy) is 1. The first-order valence-corrected chi connectivity index (χ1v) is 5.54. The molecule has 1 N–H and O–H groups in total. The van der Waals surface area contributed by atoms with E-state index in [-0.39, 0.29) is 5.91 Å². The molecule has 0 fully saturated rings. The minimum absolute atomic E-state index is 0.0595. The highest BCUT2D eigenvalue weighted by atomic mass is 16.5. The average Bonchev–Trinajstić information content (AvgIpc) is 2.26. The van der Waals surface area contributed by atoms with Crippen LogP contribution in [0.25, 0.3) is 0 Å². The molecule has 16 heavy (non-hydrogen) atoms. The van der Waals surface area contributed by atoms with Crippen molar-refractivity contribution in [3.63, 3.8) is 0 Å². The first-order chi connectivity index (χ1) is 7.63. The zero-order chi connectivity index (χ0) is 12.0. The van der Waals surface area contributed by atoms with Crippen LogP contribution in [0.3, 0.4) is 0 Å². The molecule has 0 aliphatic rings. The molecule has 1 aromatic carbocycles. The first-order valence-electron chi connectivity index (χ1n) is 5.54. The Morgan fingerprint density at radius 2 is 2.12 bits per heavy atom. The van der Waals surface area contributed by atoms with Gasteiger partial charge in [0.15, 0.2) is 0 Å². The largest absolute Gasteiger partial charge is 0.493 e. The van der Waals surface area contributed by atoms with Gasteiger partial charge in [0.25, 0.3) is 0 Å². The zero-order valence-electron chi connectivity index (χ0n) is 10.2. The van der Waals surface area contributed by atoms with Crippen LogP contribution >= 0.6 is 0 Å². The van der Waals surface area contributed by atoms with Crippen LogP contribution in [0.4, 0.5) is 0 Å². The lowest BCUT2D eigenvalue weighted by atomic mass is 10.1.